The quantitative estimate of drug-likeness (QED) is 0.107. The number of carbonyl (C=O) groups excluding carboxylic acids is 3. The molecule has 0 heterocycles. The van der Waals surface area contributed by atoms with Gasteiger partial charge in [-0.15, -0.1) is 0 Å². The van der Waals surface area contributed by atoms with Crippen LogP contribution in [0.1, 0.15) is 60.3 Å². The number of alkyl carbamates (subject to hydrolysis) is 1. The summed E-state index contributed by atoms with van der Waals surface area (Å²) in [5.74, 6) is 0.510. The smallest absolute Gasteiger partial charge is 0.407 e. The van der Waals surface area contributed by atoms with Crippen LogP contribution in [-0.2, 0) is 23.8 Å². The lowest BCUT2D eigenvalue weighted by atomic mass is 9.82. The SMILES string of the molecule is C=C(C)C(=C)OCCCC(=O)N(C)CCC(C)CC(C)(C)CNC(=O)OCCOC(=O)C(=C)C. The summed E-state index contributed by atoms with van der Waals surface area (Å²) in [5, 5.41) is 2.76. The molecule has 0 fully saturated rings. The fraction of sp³-hybridized carbons (Fsp3) is 0.654. The van der Waals surface area contributed by atoms with E-state index in [1.54, 1.807) is 11.8 Å². The zero-order chi connectivity index (χ0) is 26.3. The summed E-state index contributed by atoms with van der Waals surface area (Å²) in [6.45, 7) is 22.2. The molecule has 0 aliphatic heterocycles. The molecule has 0 bridgehead atoms. The van der Waals surface area contributed by atoms with Crippen LogP contribution in [0, 0.1) is 11.3 Å². The molecule has 0 radical (unpaired) electrons. The first-order chi connectivity index (χ1) is 15.7. The van der Waals surface area contributed by atoms with Gasteiger partial charge >= 0.3 is 12.1 Å². The largest absolute Gasteiger partial charge is 0.494 e. The number of rotatable bonds is 17. The lowest BCUT2D eigenvalue weighted by Gasteiger charge is -2.29. The zero-order valence-corrected chi connectivity index (χ0v) is 22.0. The number of amides is 2. The normalized spacial score (nSPS) is 11.7. The Labute approximate surface area is 205 Å². The van der Waals surface area contributed by atoms with E-state index in [9.17, 15) is 14.4 Å². The van der Waals surface area contributed by atoms with Crippen LogP contribution in [0.5, 0.6) is 0 Å². The van der Waals surface area contributed by atoms with Gasteiger partial charge in [-0.05, 0) is 50.0 Å². The standard InChI is InChI=1S/C26H44N2O6/c1-19(2)22(6)32-14-10-11-23(29)28(9)13-12-21(5)17-26(7,8)18-27-25(31)34-16-15-33-24(30)20(3)4/h21H,1,3,6,10-18H2,2,4-5,7-9H3,(H,27,31). The summed E-state index contributed by atoms with van der Waals surface area (Å²) in [6.07, 6.45) is 2.26. The summed E-state index contributed by atoms with van der Waals surface area (Å²) in [4.78, 5) is 37.2. The van der Waals surface area contributed by atoms with Crippen molar-refractivity contribution in [3.8, 4) is 0 Å². The van der Waals surface area contributed by atoms with Crippen LogP contribution in [0.4, 0.5) is 4.79 Å². The lowest BCUT2D eigenvalue weighted by Crippen LogP contribution is -2.36. The Balaban J connectivity index is 4.12. The van der Waals surface area contributed by atoms with Crippen LogP contribution < -0.4 is 5.32 Å². The molecule has 0 spiro atoms. The molecule has 1 unspecified atom stereocenters. The summed E-state index contributed by atoms with van der Waals surface area (Å²) in [7, 11) is 1.82. The average molecular weight is 481 g/mol. The Bertz CT molecular complexity index is 729. The maximum absolute atomic E-state index is 12.3. The highest BCUT2D eigenvalue weighted by molar-refractivity contribution is 5.86. The monoisotopic (exact) mass is 480 g/mol. The lowest BCUT2D eigenvalue weighted by molar-refractivity contribution is -0.140. The molecule has 0 aromatic carbocycles. The third-order valence-corrected chi connectivity index (χ3v) is 5.18. The van der Waals surface area contributed by atoms with Gasteiger partial charge in [0.2, 0.25) is 5.91 Å². The maximum atomic E-state index is 12.3. The van der Waals surface area contributed by atoms with Gasteiger partial charge in [0.1, 0.15) is 19.0 Å². The second-order valence-corrected chi connectivity index (χ2v) is 9.64. The molecule has 1 N–H and O–H groups in total. The van der Waals surface area contributed by atoms with Crippen molar-refractivity contribution in [3.05, 3.63) is 36.6 Å². The van der Waals surface area contributed by atoms with E-state index in [0.717, 1.165) is 18.4 Å². The second kappa shape index (κ2) is 16.0. The molecule has 194 valence electrons. The molecule has 0 saturated heterocycles. The Kier molecular flexibility index (Phi) is 14.7. The van der Waals surface area contributed by atoms with Crippen LogP contribution in [0.25, 0.3) is 0 Å². The molecular weight excluding hydrogens is 436 g/mol. The van der Waals surface area contributed by atoms with Crippen molar-refractivity contribution in [2.75, 3.05) is 40.0 Å². The summed E-state index contributed by atoms with van der Waals surface area (Å²) in [5.41, 5.74) is 0.941. The van der Waals surface area contributed by atoms with Crippen molar-refractivity contribution >= 4 is 18.0 Å². The highest BCUT2D eigenvalue weighted by Crippen LogP contribution is 2.26. The Morgan fingerprint density at radius 3 is 2.18 bits per heavy atom. The van der Waals surface area contributed by atoms with Crippen molar-refractivity contribution in [1.82, 2.24) is 10.2 Å². The number of allylic oxidation sites excluding steroid dienone is 1. The molecular formula is C26H44N2O6. The molecule has 1 atom stereocenters. The van der Waals surface area contributed by atoms with Crippen molar-refractivity contribution < 1.29 is 28.6 Å². The highest BCUT2D eigenvalue weighted by atomic mass is 16.6. The maximum Gasteiger partial charge on any atom is 0.407 e. The minimum atomic E-state index is -0.548. The number of hydrogen-bond donors (Lipinski definition) is 1. The van der Waals surface area contributed by atoms with E-state index in [1.165, 1.54) is 0 Å². The summed E-state index contributed by atoms with van der Waals surface area (Å²) >= 11 is 0. The van der Waals surface area contributed by atoms with E-state index < -0.39 is 12.1 Å². The van der Waals surface area contributed by atoms with E-state index in [1.807, 2.05) is 14.0 Å². The summed E-state index contributed by atoms with van der Waals surface area (Å²) < 4.78 is 15.3. The van der Waals surface area contributed by atoms with E-state index in [4.69, 9.17) is 14.2 Å². The third kappa shape index (κ3) is 15.1. The van der Waals surface area contributed by atoms with E-state index >= 15 is 0 Å². The molecule has 0 aromatic rings. The van der Waals surface area contributed by atoms with Crippen molar-refractivity contribution in [3.63, 3.8) is 0 Å². The minimum absolute atomic E-state index is 0.0113. The first-order valence-electron chi connectivity index (χ1n) is 11.7. The molecule has 8 nitrogen and oxygen atoms in total. The van der Waals surface area contributed by atoms with Crippen molar-refractivity contribution in [1.29, 1.82) is 0 Å². The number of hydrogen-bond acceptors (Lipinski definition) is 6. The van der Waals surface area contributed by atoms with Gasteiger partial charge < -0.3 is 24.4 Å². The van der Waals surface area contributed by atoms with Crippen molar-refractivity contribution in [2.45, 2.75) is 60.3 Å². The molecule has 0 aliphatic rings. The molecule has 2 amide bonds. The van der Waals surface area contributed by atoms with Crippen LogP contribution in [0.3, 0.4) is 0 Å². The number of ether oxygens (including phenoxy) is 3. The fourth-order valence-corrected chi connectivity index (χ4v) is 3.14. The molecule has 0 aliphatic carbocycles. The zero-order valence-electron chi connectivity index (χ0n) is 22.0. The number of nitrogens with zero attached hydrogens (tertiary/aromatic N) is 1. The Hall–Kier alpha value is -2.77. The summed E-state index contributed by atoms with van der Waals surface area (Å²) in [6, 6.07) is 0. The van der Waals surface area contributed by atoms with Gasteiger partial charge in [-0.25, -0.2) is 9.59 Å². The van der Waals surface area contributed by atoms with Gasteiger partial charge in [-0.2, -0.15) is 0 Å². The van der Waals surface area contributed by atoms with Gasteiger partial charge in [0.25, 0.3) is 0 Å². The van der Waals surface area contributed by atoms with Crippen LogP contribution in [0.2, 0.25) is 0 Å². The van der Waals surface area contributed by atoms with Gasteiger partial charge in [-0.1, -0.05) is 40.5 Å². The van der Waals surface area contributed by atoms with Crippen LogP contribution in [0.15, 0.2) is 36.6 Å². The molecule has 8 heteroatoms. The molecule has 0 saturated carbocycles. The Morgan fingerprint density at radius 1 is 0.971 bits per heavy atom. The minimum Gasteiger partial charge on any atom is -0.494 e. The topological polar surface area (TPSA) is 94.2 Å². The second-order valence-electron chi connectivity index (χ2n) is 9.64. The number of carbonyl (C=O) groups is 3. The van der Waals surface area contributed by atoms with Gasteiger partial charge in [-0.3, -0.25) is 4.79 Å². The molecule has 0 aromatic heterocycles. The van der Waals surface area contributed by atoms with E-state index in [2.05, 4.69) is 45.8 Å². The van der Waals surface area contributed by atoms with Crippen LogP contribution >= 0.6 is 0 Å². The van der Waals surface area contributed by atoms with Crippen molar-refractivity contribution in [2.24, 2.45) is 11.3 Å². The molecule has 34 heavy (non-hydrogen) atoms. The van der Waals surface area contributed by atoms with E-state index in [-0.39, 0.29) is 24.5 Å². The van der Waals surface area contributed by atoms with Gasteiger partial charge in [0.15, 0.2) is 0 Å². The first-order valence-corrected chi connectivity index (χ1v) is 11.7. The third-order valence-electron chi connectivity index (χ3n) is 5.18. The highest BCUT2D eigenvalue weighted by Gasteiger charge is 2.23. The van der Waals surface area contributed by atoms with Gasteiger partial charge in [0, 0.05) is 32.1 Å². The van der Waals surface area contributed by atoms with E-state index in [0.29, 0.717) is 49.8 Å². The predicted molar refractivity (Wildman–Crippen MR) is 134 cm³/mol. The Morgan fingerprint density at radius 2 is 1.59 bits per heavy atom. The van der Waals surface area contributed by atoms with Gasteiger partial charge in [0.05, 0.1) is 6.61 Å². The average Bonchev–Trinajstić information content (AvgIpc) is 2.75. The number of nitrogens with one attached hydrogen (secondary N) is 1. The predicted octanol–water partition coefficient (Wildman–Crippen LogP) is 4.62. The number of esters is 1. The fourth-order valence-electron chi connectivity index (χ4n) is 3.14. The first kappa shape index (κ1) is 31.2. The molecule has 0 rings (SSSR count). The van der Waals surface area contributed by atoms with Crippen LogP contribution in [-0.4, -0.2) is 62.8 Å².